The molecule has 0 unspecified atom stereocenters. The molecule has 0 aliphatic rings. The average molecular weight is 342 g/mol. The van der Waals surface area contributed by atoms with Crippen molar-refractivity contribution in [2.75, 3.05) is 6.61 Å². The average Bonchev–Trinajstić information content (AvgIpc) is 2.37. The number of hydrogen-bond acceptors (Lipinski definition) is 6. The Morgan fingerprint density at radius 3 is 2.32 bits per heavy atom. The normalized spacial score (nSPS) is 11.8. The summed E-state index contributed by atoms with van der Waals surface area (Å²) < 4.78 is 67.1. The Labute approximate surface area is 122 Å². The van der Waals surface area contributed by atoms with Crippen molar-refractivity contribution in [3.05, 3.63) is 29.3 Å². The molecule has 0 spiro atoms. The van der Waals surface area contributed by atoms with Crippen molar-refractivity contribution in [2.45, 2.75) is 12.4 Å². The maximum absolute atomic E-state index is 12.3. The van der Waals surface area contributed by atoms with E-state index in [1.165, 1.54) is 6.92 Å². The topological polar surface area (TPSA) is 107 Å². The van der Waals surface area contributed by atoms with E-state index in [2.05, 4.69) is 8.92 Å². The van der Waals surface area contributed by atoms with E-state index in [-0.39, 0.29) is 6.61 Å². The lowest BCUT2D eigenvalue weighted by atomic mass is 10.1. The molecule has 11 heteroatoms. The summed E-state index contributed by atoms with van der Waals surface area (Å²) in [6, 6.07) is 2.06. The van der Waals surface area contributed by atoms with Crippen molar-refractivity contribution < 1.29 is 45.2 Å². The number of benzene rings is 1. The molecule has 1 N–H and O–H groups in total. The zero-order valence-electron chi connectivity index (χ0n) is 10.9. The van der Waals surface area contributed by atoms with Gasteiger partial charge in [0.25, 0.3) is 0 Å². The molecule has 122 valence electrons. The molecule has 0 aromatic heterocycles. The standard InChI is InChI=1S/C11H9F3O7S/c1-2-20-10(17)7-5-6(9(15)16)3-4-8(7)21-22(18,19)11(12,13)14/h3-5H,2H2,1H3,(H,15,16). The van der Waals surface area contributed by atoms with Gasteiger partial charge in [0.2, 0.25) is 0 Å². The monoisotopic (exact) mass is 342 g/mol. The lowest BCUT2D eigenvalue weighted by Crippen LogP contribution is -2.28. The molecule has 0 atom stereocenters. The van der Waals surface area contributed by atoms with Crippen LogP contribution < -0.4 is 4.18 Å². The lowest BCUT2D eigenvalue weighted by Gasteiger charge is -2.12. The second-order valence-electron chi connectivity index (χ2n) is 3.72. The predicted octanol–water partition coefficient (Wildman–Crippen LogP) is 1.79. The summed E-state index contributed by atoms with van der Waals surface area (Å²) in [6.45, 7) is 1.23. The maximum Gasteiger partial charge on any atom is 0.534 e. The molecule has 1 aromatic carbocycles. The summed E-state index contributed by atoms with van der Waals surface area (Å²) in [5.74, 6) is -3.69. The van der Waals surface area contributed by atoms with Crippen molar-refractivity contribution in [3.63, 3.8) is 0 Å². The molecule has 1 aromatic rings. The van der Waals surface area contributed by atoms with Crippen LogP contribution in [0.15, 0.2) is 18.2 Å². The first-order valence-corrected chi connectivity index (χ1v) is 6.95. The van der Waals surface area contributed by atoms with Gasteiger partial charge in [-0.1, -0.05) is 0 Å². The molecule has 0 radical (unpaired) electrons. The first-order chi connectivity index (χ1) is 9.99. The van der Waals surface area contributed by atoms with Crippen molar-refractivity contribution in [3.8, 4) is 5.75 Å². The summed E-state index contributed by atoms with van der Waals surface area (Å²) in [7, 11) is -6.01. The molecule has 0 aliphatic carbocycles. The third-order valence-electron chi connectivity index (χ3n) is 2.20. The van der Waals surface area contributed by atoms with Gasteiger partial charge in [-0.25, -0.2) is 9.59 Å². The largest absolute Gasteiger partial charge is 0.534 e. The first kappa shape index (κ1) is 17.8. The van der Waals surface area contributed by atoms with Crippen LogP contribution in [0.25, 0.3) is 0 Å². The molecule has 0 fully saturated rings. The highest BCUT2D eigenvalue weighted by Crippen LogP contribution is 2.30. The minimum absolute atomic E-state index is 0.165. The van der Waals surface area contributed by atoms with Crippen LogP contribution in [0.5, 0.6) is 5.75 Å². The quantitative estimate of drug-likeness (QED) is 0.494. The molecule has 22 heavy (non-hydrogen) atoms. The Balaban J connectivity index is 3.36. The fourth-order valence-electron chi connectivity index (χ4n) is 1.27. The summed E-state index contributed by atoms with van der Waals surface area (Å²) in [5, 5.41) is 8.78. The van der Waals surface area contributed by atoms with E-state index in [0.717, 1.165) is 6.07 Å². The number of halogens is 3. The molecular weight excluding hydrogens is 333 g/mol. The van der Waals surface area contributed by atoms with Crippen LogP contribution in [0.3, 0.4) is 0 Å². The zero-order chi connectivity index (χ0) is 17.1. The van der Waals surface area contributed by atoms with Crippen molar-refractivity contribution in [1.29, 1.82) is 0 Å². The highest BCUT2D eigenvalue weighted by molar-refractivity contribution is 7.88. The number of esters is 1. The Morgan fingerprint density at radius 2 is 1.86 bits per heavy atom. The van der Waals surface area contributed by atoms with Gasteiger partial charge in [0.1, 0.15) is 5.56 Å². The molecule has 0 saturated heterocycles. The van der Waals surface area contributed by atoms with E-state index in [0.29, 0.717) is 12.1 Å². The van der Waals surface area contributed by atoms with Crippen molar-refractivity contribution in [1.82, 2.24) is 0 Å². The van der Waals surface area contributed by atoms with Gasteiger partial charge in [0.15, 0.2) is 5.75 Å². The van der Waals surface area contributed by atoms with Gasteiger partial charge in [-0.2, -0.15) is 21.6 Å². The van der Waals surface area contributed by atoms with E-state index in [9.17, 15) is 31.2 Å². The molecule has 0 heterocycles. The van der Waals surface area contributed by atoms with Gasteiger partial charge in [-0.3, -0.25) is 0 Å². The van der Waals surface area contributed by atoms with Crippen LogP contribution in [0, 0.1) is 0 Å². The summed E-state index contributed by atoms with van der Waals surface area (Å²) >= 11 is 0. The van der Waals surface area contributed by atoms with E-state index in [4.69, 9.17) is 5.11 Å². The third kappa shape index (κ3) is 3.87. The fraction of sp³-hybridized carbons (Fsp3) is 0.273. The van der Waals surface area contributed by atoms with Gasteiger partial charge in [-0.15, -0.1) is 0 Å². The number of ether oxygens (including phenoxy) is 1. The SMILES string of the molecule is CCOC(=O)c1cc(C(=O)O)ccc1OS(=O)(=O)C(F)(F)F. The van der Waals surface area contributed by atoms with Gasteiger partial charge < -0.3 is 14.0 Å². The summed E-state index contributed by atoms with van der Waals surface area (Å²) in [4.78, 5) is 22.4. The predicted molar refractivity (Wildman–Crippen MR) is 65.0 cm³/mol. The maximum atomic E-state index is 12.3. The number of alkyl halides is 3. The number of carbonyl (C=O) groups excluding carboxylic acids is 1. The minimum atomic E-state index is -6.01. The van der Waals surface area contributed by atoms with Gasteiger partial charge in [0.05, 0.1) is 12.2 Å². The Morgan fingerprint density at radius 1 is 1.27 bits per heavy atom. The zero-order valence-corrected chi connectivity index (χ0v) is 11.7. The van der Waals surface area contributed by atoms with E-state index in [1.807, 2.05) is 0 Å². The highest BCUT2D eigenvalue weighted by atomic mass is 32.2. The van der Waals surface area contributed by atoms with E-state index in [1.54, 1.807) is 0 Å². The molecular formula is C11H9F3O7S. The fourth-order valence-corrected chi connectivity index (χ4v) is 1.75. The van der Waals surface area contributed by atoms with Crippen molar-refractivity contribution >= 4 is 22.1 Å². The van der Waals surface area contributed by atoms with Gasteiger partial charge >= 0.3 is 27.6 Å². The molecule has 0 saturated carbocycles. The number of carbonyl (C=O) groups is 2. The second-order valence-corrected chi connectivity index (χ2v) is 5.26. The lowest BCUT2D eigenvalue weighted by molar-refractivity contribution is -0.0500. The Hall–Kier alpha value is -2.30. The third-order valence-corrected chi connectivity index (χ3v) is 3.17. The van der Waals surface area contributed by atoms with Crippen LogP contribution >= 0.6 is 0 Å². The van der Waals surface area contributed by atoms with Gasteiger partial charge in [0, 0.05) is 0 Å². The van der Waals surface area contributed by atoms with Crippen LogP contribution in [-0.2, 0) is 14.9 Å². The minimum Gasteiger partial charge on any atom is -0.478 e. The smallest absolute Gasteiger partial charge is 0.478 e. The highest BCUT2D eigenvalue weighted by Gasteiger charge is 2.49. The molecule has 7 nitrogen and oxygen atoms in total. The molecule has 1 rings (SSSR count). The first-order valence-electron chi connectivity index (χ1n) is 5.54. The molecule has 0 aliphatic heterocycles. The van der Waals surface area contributed by atoms with Crippen LogP contribution in [0.2, 0.25) is 0 Å². The summed E-state index contributed by atoms with van der Waals surface area (Å²) in [6.07, 6.45) is 0. The summed E-state index contributed by atoms with van der Waals surface area (Å²) in [5.41, 5.74) is -6.92. The van der Waals surface area contributed by atoms with E-state index >= 15 is 0 Å². The number of rotatable bonds is 5. The van der Waals surface area contributed by atoms with Crippen LogP contribution in [0.4, 0.5) is 13.2 Å². The van der Waals surface area contributed by atoms with E-state index < -0.39 is 44.4 Å². The number of hydrogen-bond donors (Lipinski definition) is 1. The number of carboxylic acid groups (broad SMARTS) is 1. The van der Waals surface area contributed by atoms with Crippen molar-refractivity contribution in [2.24, 2.45) is 0 Å². The molecule has 0 amide bonds. The Bertz CT molecular complexity index is 694. The molecule has 0 bridgehead atoms. The second kappa shape index (κ2) is 6.22. The van der Waals surface area contributed by atoms with Crippen LogP contribution in [0.1, 0.15) is 27.6 Å². The number of aromatic carboxylic acids is 1. The number of carboxylic acids is 1. The van der Waals surface area contributed by atoms with Gasteiger partial charge in [-0.05, 0) is 25.1 Å². The van der Waals surface area contributed by atoms with Crippen LogP contribution in [-0.4, -0.2) is 37.6 Å². The Kier molecular flexibility index (Phi) is 5.02.